The molecular weight excluding hydrogens is 352 g/mol. The summed E-state index contributed by atoms with van der Waals surface area (Å²) < 4.78 is 0. The number of benzene rings is 1. The SMILES string of the molecule is N#Cc1c(NC(=O)/C=C/c2ccccc2Cl)sc2c1CCCCCC2. The predicted molar refractivity (Wildman–Crippen MR) is 104 cm³/mol. The van der Waals surface area contributed by atoms with Crippen LogP contribution in [-0.2, 0) is 17.6 Å². The molecule has 3 rings (SSSR count). The van der Waals surface area contributed by atoms with E-state index < -0.39 is 0 Å². The Morgan fingerprint density at radius 3 is 2.72 bits per heavy atom. The maximum atomic E-state index is 12.3. The number of anilines is 1. The Balaban J connectivity index is 1.78. The summed E-state index contributed by atoms with van der Waals surface area (Å²) in [6.07, 6.45) is 9.78. The highest BCUT2D eigenvalue weighted by Crippen LogP contribution is 2.36. The van der Waals surface area contributed by atoms with Crippen molar-refractivity contribution in [2.45, 2.75) is 38.5 Å². The zero-order valence-electron chi connectivity index (χ0n) is 13.8. The van der Waals surface area contributed by atoms with Crippen LogP contribution in [0.15, 0.2) is 30.3 Å². The van der Waals surface area contributed by atoms with E-state index in [1.165, 1.54) is 23.8 Å². The summed E-state index contributed by atoms with van der Waals surface area (Å²) in [6, 6.07) is 9.64. The highest BCUT2D eigenvalue weighted by molar-refractivity contribution is 7.16. The minimum Gasteiger partial charge on any atom is -0.313 e. The van der Waals surface area contributed by atoms with Crippen LogP contribution in [0, 0.1) is 11.3 Å². The van der Waals surface area contributed by atoms with Crippen molar-refractivity contribution in [2.75, 3.05) is 5.32 Å². The Kier molecular flexibility index (Phi) is 5.91. The van der Waals surface area contributed by atoms with Gasteiger partial charge in [0.25, 0.3) is 0 Å². The topological polar surface area (TPSA) is 52.9 Å². The number of nitriles is 1. The fourth-order valence-electron chi connectivity index (χ4n) is 3.06. The molecule has 1 heterocycles. The Bertz CT molecular complexity index is 848. The monoisotopic (exact) mass is 370 g/mol. The molecule has 128 valence electrons. The molecule has 2 aromatic rings. The largest absolute Gasteiger partial charge is 0.313 e. The van der Waals surface area contributed by atoms with Crippen molar-refractivity contribution in [1.82, 2.24) is 0 Å². The molecule has 0 fully saturated rings. The maximum absolute atomic E-state index is 12.3. The van der Waals surface area contributed by atoms with Gasteiger partial charge in [0.05, 0.1) is 5.56 Å². The second kappa shape index (κ2) is 8.33. The summed E-state index contributed by atoms with van der Waals surface area (Å²) in [5, 5.41) is 13.7. The molecule has 0 radical (unpaired) electrons. The number of carbonyl (C=O) groups excluding carboxylic acids is 1. The molecule has 25 heavy (non-hydrogen) atoms. The Hall–Kier alpha value is -2.09. The van der Waals surface area contributed by atoms with Crippen molar-refractivity contribution in [2.24, 2.45) is 0 Å². The molecule has 0 bridgehead atoms. The normalized spacial score (nSPS) is 14.4. The van der Waals surface area contributed by atoms with Gasteiger partial charge in [-0.2, -0.15) is 5.26 Å². The van der Waals surface area contributed by atoms with Gasteiger partial charge in [-0.05, 0) is 49.0 Å². The molecule has 3 nitrogen and oxygen atoms in total. The van der Waals surface area contributed by atoms with Gasteiger partial charge in [0.15, 0.2) is 0 Å². The lowest BCUT2D eigenvalue weighted by Gasteiger charge is -2.08. The van der Waals surface area contributed by atoms with E-state index in [1.54, 1.807) is 23.5 Å². The Morgan fingerprint density at radius 2 is 1.96 bits per heavy atom. The molecule has 5 heteroatoms. The van der Waals surface area contributed by atoms with Crippen LogP contribution in [0.1, 0.15) is 47.3 Å². The van der Waals surface area contributed by atoms with E-state index in [1.807, 2.05) is 18.2 Å². The zero-order chi connectivity index (χ0) is 17.6. The first kappa shape index (κ1) is 17.7. The molecule has 1 amide bonds. The Morgan fingerprint density at radius 1 is 1.20 bits per heavy atom. The molecule has 1 aliphatic carbocycles. The molecule has 1 N–H and O–H groups in total. The van der Waals surface area contributed by atoms with Crippen molar-refractivity contribution >= 4 is 39.9 Å². The summed E-state index contributed by atoms with van der Waals surface area (Å²) >= 11 is 7.64. The van der Waals surface area contributed by atoms with E-state index in [0.717, 1.165) is 36.8 Å². The third kappa shape index (κ3) is 4.31. The van der Waals surface area contributed by atoms with Gasteiger partial charge in [-0.15, -0.1) is 11.3 Å². The van der Waals surface area contributed by atoms with Gasteiger partial charge in [-0.3, -0.25) is 4.79 Å². The minimum absolute atomic E-state index is 0.245. The number of nitrogens with one attached hydrogen (secondary N) is 1. The number of halogens is 1. The maximum Gasteiger partial charge on any atom is 0.249 e. The molecule has 0 atom stereocenters. The molecule has 0 aliphatic heterocycles. The van der Waals surface area contributed by atoms with E-state index in [9.17, 15) is 10.1 Å². The molecule has 0 saturated heterocycles. The second-order valence-corrected chi connectivity index (χ2v) is 7.59. The number of hydrogen-bond acceptors (Lipinski definition) is 3. The van der Waals surface area contributed by atoms with Crippen LogP contribution in [-0.4, -0.2) is 5.91 Å². The van der Waals surface area contributed by atoms with Crippen LogP contribution in [0.25, 0.3) is 6.08 Å². The molecule has 1 aromatic carbocycles. The summed E-state index contributed by atoms with van der Waals surface area (Å²) in [7, 11) is 0. The zero-order valence-corrected chi connectivity index (χ0v) is 15.4. The average Bonchev–Trinajstić information content (AvgIpc) is 2.89. The quantitative estimate of drug-likeness (QED) is 0.716. The van der Waals surface area contributed by atoms with Crippen LogP contribution in [0.3, 0.4) is 0 Å². The fraction of sp³-hybridized carbons (Fsp3) is 0.300. The summed E-state index contributed by atoms with van der Waals surface area (Å²) in [5.41, 5.74) is 2.57. The first-order chi connectivity index (χ1) is 12.2. The first-order valence-corrected chi connectivity index (χ1v) is 9.66. The third-order valence-electron chi connectivity index (χ3n) is 4.34. The minimum atomic E-state index is -0.245. The number of carbonyl (C=O) groups is 1. The first-order valence-electron chi connectivity index (χ1n) is 8.47. The number of amides is 1. The number of nitrogens with zero attached hydrogens (tertiary/aromatic N) is 1. The van der Waals surface area contributed by atoms with Gasteiger partial charge in [0.1, 0.15) is 11.1 Å². The van der Waals surface area contributed by atoms with E-state index in [2.05, 4.69) is 11.4 Å². The van der Waals surface area contributed by atoms with Crippen molar-refractivity contribution < 1.29 is 4.79 Å². The summed E-state index contributed by atoms with van der Waals surface area (Å²) in [6.45, 7) is 0. The van der Waals surface area contributed by atoms with Crippen molar-refractivity contribution in [1.29, 1.82) is 5.26 Å². The van der Waals surface area contributed by atoms with Crippen molar-refractivity contribution in [3.63, 3.8) is 0 Å². The fourth-order valence-corrected chi connectivity index (χ4v) is 4.50. The summed E-state index contributed by atoms with van der Waals surface area (Å²) in [4.78, 5) is 13.5. The highest BCUT2D eigenvalue weighted by Gasteiger charge is 2.19. The smallest absolute Gasteiger partial charge is 0.249 e. The van der Waals surface area contributed by atoms with E-state index in [0.29, 0.717) is 15.6 Å². The van der Waals surface area contributed by atoms with Crippen molar-refractivity contribution in [3.05, 3.63) is 56.9 Å². The van der Waals surface area contributed by atoms with Crippen molar-refractivity contribution in [3.8, 4) is 6.07 Å². The molecule has 1 aliphatic rings. The van der Waals surface area contributed by atoms with E-state index in [4.69, 9.17) is 11.6 Å². The predicted octanol–water partition coefficient (Wildman–Crippen LogP) is 5.58. The molecular formula is C20H19ClN2OS. The van der Waals surface area contributed by atoms with E-state index >= 15 is 0 Å². The number of fused-ring (bicyclic) bond motifs is 1. The van der Waals surface area contributed by atoms with Gasteiger partial charge < -0.3 is 5.32 Å². The number of rotatable bonds is 3. The summed E-state index contributed by atoms with van der Waals surface area (Å²) in [5.74, 6) is -0.245. The van der Waals surface area contributed by atoms with Crippen LogP contribution < -0.4 is 5.32 Å². The van der Waals surface area contributed by atoms with Gasteiger partial charge in [-0.1, -0.05) is 42.6 Å². The van der Waals surface area contributed by atoms with Crippen LogP contribution >= 0.6 is 22.9 Å². The third-order valence-corrected chi connectivity index (χ3v) is 5.89. The lowest BCUT2D eigenvalue weighted by atomic mass is 9.97. The van der Waals surface area contributed by atoms with Gasteiger partial charge in [-0.25, -0.2) is 0 Å². The van der Waals surface area contributed by atoms with Gasteiger partial charge in [0.2, 0.25) is 5.91 Å². The average molecular weight is 371 g/mol. The lowest BCUT2D eigenvalue weighted by Crippen LogP contribution is -2.07. The number of aryl methyl sites for hydroxylation is 1. The highest BCUT2D eigenvalue weighted by atomic mass is 35.5. The van der Waals surface area contributed by atoms with Crippen LogP contribution in [0.2, 0.25) is 5.02 Å². The van der Waals surface area contributed by atoms with Crippen LogP contribution in [0.5, 0.6) is 0 Å². The number of thiophene rings is 1. The Labute approximate surface area is 156 Å². The molecule has 0 spiro atoms. The standard InChI is InChI=1S/C20H19ClN2OS/c21-17-9-6-5-7-14(17)11-12-19(24)23-20-16(13-22)15-8-3-1-2-4-10-18(15)25-20/h5-7,9,11-12H,1-4,8,10H2,(H,23,24)/b12-11+. The van der Waals surface area contributed by atoms with Crippen LogP contribution in [0.4, 0.5) is 5.00 Å². The second-order valence-electron chi connectivity index (χ2n) is 6.08. The molecule has 1 aromatic heterocycles. The molecule has 0 saturated carbocycles. The van der Waals surface area contributed by atoms with E-state index in [-0.39, 0.29) is 5.91 Å². The number of hydrogen-bond donors (Lipinski definition) is 1. The lowest BCUT2D eigenvalue weighted by molar-refractivity contribution is -0.111. The van der Waals surface area contributed by atoms with Gasteiger partial charge >= 0.3 is 0 Å². The van der Waals surface area contributed by atoms with Gasteiger partial charge in [0, 0.05) is 16.0 Å². The molecule has 0 unspecified atom stereocenters.